The summed E-state index contributed by atoms with van der Waals surface area (Å²) in [5, 5.41) is 11.3. The molecule has 2 N–H and O–H groups in total. The van der Waals surface area contributed by atoms with Crippen LogP contribution in [0.1, 0.15) is 30.6 Å². The molecule has 0 radical (unpaired) electrons. The maximum absolute atomic E-state index is 13.0. The van der Waals surface area contributed by atoms with Crippen molar-refractivity contribution in [1.29, 1.82) is 0 Å². The van der Waals surface area contributed by atoms with Crippen molar-refractivity contribution < 1.29 is 4.39 Å². The van der Waals surface area contributed by atoms with Crippen molar-refractivity contribution in [2.45, 2.75) is 32.1 Å². The van der Waals surface area contributed by atoms with Crippen molar-refractivity contribution in [2.24, 2.45) is 5.92 Å². The Kier molecular flexibility index (Phi) is 4.23. The molecule has 3 aromatic heterocycles. The molecular formula is C18H20FN7S. The second-order valence-corrected chi connectivity index (χ2v) is 8.19. The summed E-state index contributed by atoms with van der Waals surface area (Å²) in [5.41, 5.74) is 2.01. The summed E-state index contributed by atoms with van der Waals surface area (Å²) in [6.07, 6.45) is 10.5. The summed E-state index contributed by atoms with van der Waals surface area (Å²) in [6.45, 7) is 2.01. The van der Waals surface area contributed by atoms with E-state index in [1.807, 2.05) is 6.20 Å². The minimum Gasteiger partial charge on any atom is -0.354 e. The Morgan fingerprint density at radius 3 is 2.89 bits per heavy atom. The number of aromatic amines is 1. The van der Waals surface area contributed by atoms with Crippen LogP contribution in [-0.4, -0.2) is 38.2 Å². The van der Waals surface area contributed by atoms with Crippen LogP contribution in [0.2, 0.25) is 0 Å². The summed E-state index contributed by atoms with van der Waals surface area (Å²) < 4.78 is 13.0. The molecule has 2 aliphatic rings. The molecule has 0 unspecified atom stereocenters. The molecule has 0 saturated heterocycles. The summed E-state index contributed by atoms with van der Waals surface area (Å²) in [6, 6.07) is 0. The maximum Gasteiger partial charge on any atom is 0.229 e. The van der Waals surface area contributed by atoms with E-state index < -0.39 is 5.82 Å². The lowest BCUT2D eigenvalue weighted by Gasteiger charge is -2.24. The lowest BCUT2D eigenvalue weighted by atomic mass is 10.1. The van der Waals surface area contributed by atoms with Crippen LogP contribution in [0.4, 0.5) is 21.3 Å². The Morgan fingerprint density at radius 2 is 2.07 bits per heavy atom. The summed E-state index contributed by atoms with van der Waals surface area (Å²) >= 11 is 1.60. The lowest BCUT2D eigenvalue weighted by molar-refractivity contribution is 0.529. The number of H-pyrrole nitrogens is 1. The zero-order valence-corrected chi connectivity index (χ0v) is 15.6. The number of anilines is 3. The molecule has 140 valence electrons. The predicted octanol–water partition coefficient (Wildman–Crippen LogP) is 3.76. The summed E-state index contributed by atoms with van der Waals surface area (Å²) in [5.74, 6) is 1.65. The van der Waals surface area contributed by atoms with Gasteiger partial charge in [-0.2, -0.15) is 5.10 Å². The average Bonchev–Trinajstić information content (AvgIpc) is 3.40. The highest BCUT2D eigenvalue weighted by molar-refractivity contribution is 7.16. The van der Waals surface area contributed by atoms with Crippen LogP contribution in [0.5, 0.6) is 0 Å². The van der Waals surface area contributed by atoms with E-state index in [1.54, 1.807) is 11.3 Å². The highest BCUT2D eigenvalue weighted by Crippen LogP contribution is 2.40. The van der Waals surface area contributed by atoms with Gasteiger partial charge in [0.1, 0.15) is 0 Å². The van der Waals surface area contributed by atoms with Crippen LogP contribution >= 0.6 is 11.3 Å². The summed E-state index contributed by atoms with van der Waals surface area (Å²) in [7, 11) is 0. The molecule has 1 aliphatic heterocycles. The van der Waals surface area contributed by atoms with Crippen LogP contribution in [0.3, 0.4) is 0 Å². The van der Waals surface area contributed by atoms with Gasteiger partial charge in [0.15, 0.2) is 16.8 Å². The Bertz CT molecular complexity index is 930. The third kappa shape index (κ3) is 3.27. The SMILES string of the molecule is Fc1cnc(Nc2nc3c(s2)CCN(CC2CCCC2)c2n[nH]cc2-3)nc1. The van der Waals surface area contributed by atoms with E-state index >= 15 is 0 Å². The van der Waals surface area contributed by atoms with E-state index in [2.05, 4.69) is 30.4 Å². The van der Waals surface area contributed by atoms with Gasteiger partial charge in [-0.1, -0.05) is 12.8 Å². The Balaban J connectivity index is 1.41. The fourth-order valence-corrected chi connectivity index (χ4v) is 4.94. The monoisotopic (exact) mass is 385 g/mol. The number of nitrogens with zero attached hydrogens (tertiary/aromatic N) is 5. The van der Waals surface area contributed by atoms with Gasteiger partial charge in [-0.15, -0.1) is 11.3 Å². The van der Waals surface area contributed by atoms with Gasteiger partial charge in [-0.3, -0.25) is 5.10 Å². The number of nitrogens with one attached hydrogen (secondary N) is 2. The van der Waals surface area contributed by atoms with Crippen molar-refractivity contribution >= 4 is 28.2 Å². The molecular weight excluding hydrogens is 365 g/mol. The van der Waals surface area contributed by atoms with E-state index in [0.29, 0.717) is 11.1 Å². The van der Waals surface area contributed by atoms with Crippen LogP contribution in [0, 0.1) is 11.7 Å². The molecule has 0 amide bonds. The van der Waals surface area contributed by atoms with Crippen molar-refractivity contribution in [3.63, 3.8) is 0 Å². The molecule has 0 bridgehead atoms. The normalized spacial score (nSPS) is 16.9. The van der Waals surface area contributed by atoms with E-state index in [9.17, 15) is 4.39 Å². The standard InChI is InChI=1S/C18H20FN7S/c19-12-7-20-17(21-8-12)24-18-23-15-13-9-22-25-16(13)26(6-5-14(15)27-18)10-11-3-1-2-4-11/h7-9,11H,1-6,10H2,(H,22,25)(H,20,21,23,24). The first-order valence-corrected chi connectivity index (χ1v) is 10.1. The Morgan fingerprint density at radius 1 is 1.26 bits per heavy atom. The van der Waals surface area contributed by atoms with E-state index in [4.69, 9.17) is 4.98 Å². The summed E-state index contributed by atoms with van der Waals surface area (Å²) in [4.78, 5) is 16.3. The van der Waals surface area contributed by atoms with Crippen LogP contribution in [-0.2, 0) is 6.42 Å². The van der Waals surface area contributed by atoms with Crippen LogP contribution < -0.4 is 10.2 Å². The van der Waals surface area contributed by atoms with E-state index in [1.165, 1.54) is 30.6 Å². The molecule has 3 aromatic rings. The average molecular weight is 385 g/mol. The van der Waals surface area contributed by atoms with Crippen molar-refractivity contribution in [3.05, 3.63) is 29.3 Å². The second kappa shape index (κ2) is 6.88. The fourth-order valence-electron chi connectivity index (χ4n) is 3.98. The molecule has 1 aliphatic carbocycles. The number of rotatable bonds is 4. The molecule has 0 spiro atoms. The third-order valence-electron chi connectivity index (χ3n) is 5.27. The topological polar surface area (TPSA) is 82.6 Å². The van der Waals surface area contributed by atoms with Gasteiger partial charge in [0, 0.05) is 30.6 Å². The minimum atomic E-state index is -0.458. The number of fused-ring (bicyclic) bond motifs is 3. The maximum atomic E-state index is 13.0. The molecule has 0 aromatic carbocycles. The first kappa shape index (κ1) is 16.6. The molecule has 7 nitrogen and oxygen atoms in total. The number of halogens is 1. The number of hydrogen-bond acceptors (Lipinski definition) is 7. The largest absolute Gasteiger partial charge is 0.354 e. The molecule has 1 saturated carbocycles. The molecule has 9 heteroatoms. The van der Waals surface area contributed by atoms with Gasteiger partial charge in [0.05, 0.1) is 23.7 Å². The van der Waals surface area contributed by atoms with Gasteiger partial charge in [-0.05, 0) is 18.8 Å². The zero-order chi connectivity index (χ0) is 18.2. The molecule has 1 fully saturated rings. The lowest BCUT2D eigenvalue weighted by Crippen LogP contribution is -2.30. The van der Waals surface area contributed by atoms with Crippen molar-refractivity contribution in [3.8, 4) is 11.3 Å². The van der Waals surface area contributed by atoms with Crippen LogP contribution in [0.25, 0.3) is 11.3 Å². The molecule has 0 atom stereocenters. The third-order valence-corrected chi connectivity index (χ3v) is 6.30. The number of aromatic nitrogens is 5. The smallest absolute Gasteiger partial charge is 0.229 e. The van der Waals surface area contributed by atoms with Gasteiger partial charge in [0.25, 0.3) is 0 Å². The van der Waals surface area contributed by atoms with Gasteiger partial charge in [0.2, 0.25) is 5.95 Å². The number of thiazole rings is 1. The molecule has 27 heavy (non-hydrogen) atoms. The highest BCUT2D eigenvalue weighted by Gasteiger charge is 2.28. The highest BCUT2D eigenvalue weighted by atomic mass is 32.1. The predicted molar refractivity (Wildman–Crippen MR) is 103 cm³/mol. The quantitative estimate of drug-likeness (QED) is 0.712. The minimum absolute atomic E-state index is 0.343. The van der Waals surface area contributed by atoms with Gasteiger partial charge < -0.3 is 10.2 Å². The fraction of sp³-hybridized carbons (Fsp3) is 0.444. The van der Waals surface area contributed by atoms with Crippen molar-refractivity contribution in [1.82, 2.24) is 25.1 Å². The first-order chi connectivity index (χ1) is 13.3. The zero-order valence-electron chi connectivity index (χ0n) is 14.8. The van der Waals surface area contributed by atoms with E-state index in [0.717, 1.165) is 54.9 Å². The van der Waals surface area contributed by atoms with E-state index in [-0.39, 0.29) is 0 Å². The van der Waals surface area contributed by atoms with Crippen LogP contribution in [0.15, 0.2) is 18.6 Å². The second-order valence-electron chi connectivity index (χ2n) is 7.11. The van der Waals surface area contributed by atoms with Crippen molar-refractivity contribution in [2.75, 3.05) is 23.3 Å². The molecule has 5 rings (SSSR count). The Hall–Kier alpha value is -2.55. The molecule has 4 heterocycles. The number of hydrogen-bond donors (Lipinski definition) is 2. The Labute approximate surface area is 160 Å². The van der Waals surface area contributed by atoms with Gasteiger partial charge in [-0.25, -0.2) is 19.3 Å². The van der Waals surface area contributed by atoms with Gasteiger partial charge >= 0.3 is 0 Å². The first-order valence-electron chi connectivity index (χ1n) is 9.29.